The van der Waals surface area contributed by atoms with E-state index in [1.54, 1.807) is 13.1 Å². The van der Waals surface area contributed by atoms with E-state index in [-0.39, 0.29) is 11.8 Å². The molecule has 5 heteroatoms. The van der Waals surface area contributed by atoms with E-state index in [1.165, 1.54) is 4.57 Å². The molecule has 1 saturated heterocycles. The van der Waals surface area contributed by atoms with Gasteiger partial charge in [0.05, 0.1) is 6.61 Å². The van der Waals surface area contributed by atoms with E-state index >= 15 is 0 Å². The third-order valence-corrected chi connectivity index (χ3v) is 2.63. The van der Waals surface area contributed by atoms with Crippen LogP contribution in [0.4, 0.5) is 0 Å². The van der Waals surface area contributed by atoms with Gasteiger partial charge in [-0.05, 0) is 19.3 Å². The molecule has 0 spiro atoms. The molecule has 82 valence electrons. The van der Waals surface area contributed by atoms with E-state index in [9.17, 15) is 9.59 Å². The molecule has 0 radical (unpaired) electrons. The summed E-state index contributed by atoms with van der Waals surface area (Å²) in [7, 11) is 0. The number of H-pyrrole nitrogens is 1. The van der Waals surface area contributed by atoms with E-state index in [2.05, 4.69) is 11.9 Å². The van der Waals surface area contributed by atoms with Crippen molar-refractivity contribution in [2.75, 3.05) is 6.61 Å². The zero-order valence-electron chi connectivity index (χ0n) is 8.82. The molecule has 1 aromatic heterocycles. The van der Waals surface area contributed by atoms with Crippen LogP contribution in [0.2, 0.25) is 0 Å². The summed E-state index contributed by atoms with van der Waals surface area (Å²) in [6.45, 7) is 4.41. The van der Waals surface area contributed by atoms with Crippen molar-refractivity contribution >= 4 is 0 Å². The van der Waals surface area contributed by atoms with E-state index in [0.29, 0.717) is 18.1 Å². The summed E-state index contributed by atoms with van der Waals surface area (Å²) in [6.07, 6.45) is 2.14. The Kier molecular flexibility index (Phi) is 2.48. The Morgan fingerprint density at radius 1 is 1.53 bits per heavy atom. The molecule has 2 unspecified atom stereocenters. The molecule has 0 saturated carbocycles. The Bertz CT molecular complexity index is 474. The van der Waals surface area contributed by atoms with E-state index in [4.69, 9.17) is 4.74 Å². The topological polar surface area (TPSA) is 64.1 Å². The molecular weight excluding hydrogens is 196 g/mol. The minimum Gasteiger partial charge on any atom is -0.358 e. The van der Waals surface area contributed by atoms with Crippen LogP contribution >= 0.6 is 0 Å². The second-order valence-corrected chi connectivity index (χ2v) is 4.11. The van der Waals surface area contributed by atoms with Gasteiger partial charge in [-0.1, -0.05) is 6.92 Å². The molecule has 15 heavy (non-hydrogen) atoms. The van der Waals surface area contributed by atoms with Gasteiger partial charge in [0, 0.05) is 11.8 Å². The number of aromatic nitrogens is 2. The molecule has 1 aliphatic heterocycles. The summed E-state index contributed by atoms with van der Waals surface area (Å²) in [6, 6.07) is 0. The van der Waals surface area contributed by atoms with Crippen molar-refractivity contribution in [3.05, 3.63) is 32.6 Å². The quantitative estimate of drug-likeness (QED) is 0.729. The third kappa shape index (κ3) is 1.87. The van der Waals surface area contributed by atoms with Gasteiger partial charge in [0.2, 0.25) is 0 Å². The highest BCUT2D eigenvalue weighted by molar-refractivity contribution is 5.01. The molecule has 0 aliphatic carbocycles. The molecule has 2 rings (SSSR count). The normalized spacial score (nSPS) is 25.7. The van der Waals surface area contributed by atoms with Crippen LogP contribution in [-0.4, -0.2) is 16.2 Å². The first kappa shape index (κ1) is 10.2. The lowest BCUT2D eigenvalue weighted by atomic mass is 10.1. The van der Waals surface area contributed by atoms with Gasteiger partial charge < -0.3 is 4.74 Å². The standard InChI is InChI=1S/C10H14N2O3/c1-6-3-8(15-5-6)12-4-7(2)9(13)11-10(12)14/h4,6,8H,3,5H2,1-2H3,(H,11,13,14). The summed E-state index contributed by atoms with van der Waals surface area (Å²) in [5.41, 5.74) is -0.204. The zero-order valence-corrected chi connectivity index (χ0v) is 8.82. The minimum absolute atomic E-state index is 0.233. The molecule has 0 aromatic carbocycles. The number of nitrogens with one attached hydrogen (secondary N) is 1. The molecule has 0 amide bonds. The Labute approximate surface area is 86.7 Å². The fourth-order valence-electron chi connectivity index (χ4n) is 1.75. The number of hydrogen-bond donors (Lipinski definition) is 1. The van der Waals surface area contributed by atoms with Crippen molar-refractivity contribution in [3.8, 4) is 0 Å². The number of hydrogen-bond acceptors (Lipinski definition) is 3. The molecule has 1 fully saturated rings. The average Bonchev–Trinajstić information content (AvgIpc) is 2.58. The van der Waals surface area contributed by atoms with Crippen molar-refractivity contribution in [2.24, 2.45) is 5.92 Å². The number of ether oxygens (including phenoxy) is 1. The van der Waals surface area contributed by atoms with Gasteiger partial charge in [-0.25, -0.2) is 4.79 Å². The first-order valence-electron chi connectivity index (χ1n) is 5.01. The zero-order chi connectivity index (χ0) is 11.0. The van der Waals surface area contributed by atoms with E-state index < -0.39 is 5.69 Å². The number of aromatic amines is 1. The van der Waals surface area contributed by atoms with Gasteiger partial charge in [0.15, 0.2) is 0 Å². The average molecular weight is 210 g/mol. The van der Waals surface area contributed by atoms with Gasteiger partial charge in [0.1, 0.15) is 6.23 Å². The molecule has 0 bridgehead atoms. The van der Waals surface area contributed by atoms with Crippen LogP contribution in [0.15, 0.2) is 15.8 Å². The first-order chi connectivity index (χ1) is 7.08. The van der Waals surface area contributed by atoms with E-state index in [1.807, 2.05) is 0 Å². The predicted molar refractivity (Wildman–Crippen MR) is 54.8 cm³/mol. The molecule has 1 N–H and O–H groups in total. The maximum atomic E-state index is 11.5. The van der Waals surface area contributed by atoms with Crippen LogP contribution in [0.1, 0.15) is 25.1 Å². The fourth-order valence-corrected chi connectivity index (χ4v) is 1.75. The molecule has 1 aromatic rings. The fraction of sp³-hybridized carbons (Fsp3) is 0.600. The van der Waals surface area contributed by atoms with Crippen LogP contribution in [0.5, 0.6) is 0 Å². The van der Waals surface area contributed by atoms with Crippen LogP contribution in [0.3, 0.4) is 0 Å². The summed E-state index contributed by atoms with van der Waals surface area (Å²) in [5, 5.41) is 0. The lowest BCUT2D eigenvalue weighted by Crippen LogP contribution is -2.33. The molecule has 2 atom stereocenters. The van der Waals surface area contributed by atoms with Crippen molar-refractivity contribution in [3.63, 3.8) is 0 Å². The summed E-state index contributed by atoms with van der Waals surface area (Å²) >= 11 is 0. The number of rotatable bonds is 1. The maximum Gasteiger partial charge on any atom is 0.330 e. The Morgan fingerprint density at radius 2 is 2.27 bits per heavy atom. The highest BCUT2D eigenvalue weighted by Crippen LogP contribution is 2.25. The monoisotopic (exact) mass is 210 g/mol. The number of aryl methyl sites for hydroxylation is 1. The lowest BCUT2D eigenvalue weighted by Gasteiger charge is -2.12. The van der Waals surface area contributed by atoms with Crippen molar-refractivity contribution in [1.82, 2.24) is 9.55 Å². The number of nitrogens with zero attached hydrogens (tertiary/aromatic N) is 1. The summed E-state index contributed by atoms with van der Waals surface area (Å²) in [4.78, 5) is 24.9. The Balaban J connectivity index is 2.41. The Hall–Kier alpha value is -1.36. The van der Waals surface area contributed by atoms with Crippen LogP contribution in [0.25, 0.3) is 0 Å². The van der Waals surface area contributed by atoms with Gasteiger partial charge >= 0.3 is 5.69 Å². The highest BCUT2D eigenvalue weighted by Gasteiger charge is 2.24. The lowest BCUT2D eigenvalue weighted by molar-refractivity contribution is 0.0508. The molecule has 5 nitrogen and oxygen atoms in total. The van der Waals surface area contributed by atoms with Gasteiger partial charge in [-0.3, -0.25) is 14.3 Å². The summed E-state index contributed by atoms with van der Waals surface area (Å²) < 4.78 is 6.93. The Morgan fingerprint density at radius 3 is 2.87 bits per heavy atom. The predicted octanol–water partition coefficient (Wildman–Crippen LogP) is 0.400. The van der Waals surface area contributed by atoms with Crippen molar-refractivity contribution < 1.29 is 4.74 Å². The van der Waals surface area contributed by atoms with E-state index in [0.717, 1.165) is 6.42 Å². The summed E-state index contributed by atoms with van der Waals surface area (Å²) in [5.74, 6) is 0.453. The highest BCUT2D eigenvalue weighted by atomic mass is 16.5. The molecule has 1 aliphatic rings. The van der Waals surface area contributed by atoms with Crippen LogP contribution < -0.4 is 11.2 Å². The first-order valence-corrected chi connectivity index (χ1v) is 5.01. The van der Waals surface area contributed by atoms with Crippen LogP contribution in [-0.2, 0) is 4.74 Å². The van der Waals surface area contributed by atoms with Gasteiger partial charge in [-0.15, -0.1) is 0 Å². The molecule has 2 heterocycles. The van der Waals surface area contributed by atoms with Gasteiger partial charge in [-0.2, -0.15) is 0 Å². The SMILES string of the molecule is Cc1cn(C2CC(C)CO2)c(=O)[nH]c1=O. The smallest absolute Gasteiger partial charge is 0.330 e. The van der Waals surface area contributed by atoms with Crippen LogP contribution in [0, 0.1) is 12.8 Å². The third-order valence-electron chi connectivity index (χ3n) is 2.63. The largest absolute Gasteiger partial charge is 0.358 e. The second-order valence-electron chi connectivity index (χ2n) is 4.11. The minimum atomic E-state index is -0.398. The maximum absolute atomic E-state index is 11.5. The van der Waals surface area contributed by atoms with Gasteiger partial charge in [0.25, 0.3) is 5.56 Å². The molecular formula is C10H14N2O3. The second kappa shape index (κ2) is 3.66. The van der Waals surface area contributed by atoms with Crippen molar-refractivity contribution in [1.29, 1.82) is 0 Å². The van der Waals surface area contributed by atoms with Crippen molar-refractivity contribution in [2.45, 2.75) is 26.5 Å².